The van der Waals surface area contributed by atoms with Crippen LogP contribution in [0.2, 0.25) is 0 Å². The summed E-state index contributed by atoms with van der Waals surface area (Å²) in [5, 5.41) is 2.91. The van der Waals surface area contributed by atoms with Crippen LogP contribution in [0.25, 0.3) is 0 Å². The lowest BCUT2D eigenvalue weighted by Crippen LogP contribution is -2.58. The van der Waals surface area contributed by atoms with Gasteiger partial charge in [0.25, 0.3) is 0 Å². The van der Waals surface area contributed by atoms with Gasteiger partial charge in [0.15, 0.2) is 0 Å². The van der Waals surface area contributed by atoms with Crippen LogP contribution in [0.15, 0.2) is 0 Å². The van der Waals surface area contributed by atoms with Crippen molar-refractivity contribution in [1.82, 2.24) is 10.0 Å². The van der Waals surface area contributed by atoms with Gasteiger partial charge in [-0.15, -0.1) is 0 Å². The van der Waals surface area contributed by atoms with Gasteiger partial charge in [-0.3, -0.25) is 19.6 Å². The zero-order valence-electron chi connectivity index (χ0n) is 8.69. The average Bonchev–Trinajstić information content (AvgIpc) is 2.23. The number of hydrazine groups is 1. The number of nitrogens with zero attached hydrogens (tertiary/aromatic N) is 2. The van der Waals surface area contributed by atoms with Crippen molar-refractivity contribution in [2.75, 3.05) is 14.1 Å². The standard InChI is InChI=1S/C10H16N2O2/c1-11-9(13)7-5-3-4-6-8(7)10(14)12(11)2/h7-8H,3-6H2,1-2H3/t7-,8-/m0/s1. The first-order valence-electron chi connectivity index (χ1n) is 5.18. The Morgan fingerprint density at radius 2 is 1.29 bits per heavy atom. The summed E-state index contributed by atoms with van der Waals surface area (Å²) >= 11 is 0. The van der Waals surface area contributed by atoms with E-state index in [1.54, 1.807) is 14.1 Å². The Labute approximate surface area is 83.8 Å². The first-order chi connectivity index (χ1) is 6.63. The molecule has 1 aliphatic carbocycles. The summed E-state index contributed by atoms with van der Waals surface area (Å²) in [5.41, 5.74) is 0. The van der Waals surface area contributed by atoms with Crippen LogP contribution in [0.5, 0.6) is 0 Å². The average molecular weight is 196 g/mol. The molecule has 0 aromatic heterocycles. The largest absolute Gasteiger partial charge is 0.273 e. The molecule has 2 atom stereocenters. The number of amides is 2. The number of carbonyl (C=O) groups excluding carboxylic acids is 2. The van der Waals surface area contributed by atoms with Crippen LogP contribution in [0, 0.1) is 11.8 Å². The molecule has 14 heavy (non-hydrogen) atoms. The predicted molar refractivity (Wildman–Crippen MR) is 51.0 cm³/mol. The normalized spacial score (nSPS) is 33.3. The molecule has 0 aromatic rings. The van der Waals surface area contributed by atoms with Gasteiger partial charge in [0.2, 0.25) is 11.8 Å². The fourth-order valence-electron chi connectivity index (χ4n) is 2.50. The summed E-state index contributed by atoms with van der Waals surface area (Å²) < 4.78 is 0. The number of hydrogen-bond acceptors (Lipinski definition) is 2. The summed E-state index contributed by atoms with van der Waals surface area (Å²) in [6.07, 6.45) is 3.93. The van der Waals surface area contributed by atoms with Gasteiger partial charge in [-0.05, 0) is 12.8 Å². The molecule has 0 N–H and O–H groups in total. The van der Waals surface area contributed by atoms with E-state index >= 15 is 0 Å². The van der Waals surface area contributed by atoms with Gasteiger partial charge in [-0.25, -0.2) is 0 Å². The van der Waals surface area contributed by atoms with Crippen molar-refractivity contribution in [3.05, 3.63) is 0 Å². The van der Waals surface area contributed by atoms with Crippen LogP contribution < -0.4 is 0 Å². The number of rotatable bonds is 0. The molecule has 4 nitrogen and oxygen atoms in total. The SMILES string of the molecule is CN1C(=O)[C@H]2CCCC[C@@H]2C(=O)N1C. The summed E-state index contributed by atoms with van der Waals surface area (Å²) in [5.74, 6) is 0.128. The van der Waals surface area contributed by atoms with E-state index in [1.165, 1.54) is 10.0 Å². The van der Waals surface area contributed by atoms with Crippen molar-refractivity contribution in [2.45, 2.75) is 25.7 Å². The number of hydrogen-bond donors (Lipinski definition) is 0. The topological polar surface area (TPSA) is 40.6 Å². The lowest BCUT2D eigenvalue weighted by Gasteiger charge is -2.43. The van der Waals surface area contributed by atoms with Crippen LogP contribution in [-0.2, 0) is 9.59 Å². The van der Waals surface area contributed by atoms with Crippen molar-refractivity contribution in [3.8, 4) is 0 Å². The lowest BCUT2D eigenvalue weighted by molar-refractivity contribution is -0.177. The van der Waals surface area contributed by atoms with Crippen LogP contribution >= 0.6 is 0 Å². The molecule has 2 rings (SSSR count). The molecule has 1 saturated heterocycles. The molecule has 2 fully saturated rings. The van der Waals surface area contributed by atoms with E-state index in [4.69, 9.17) is 0 Å². The Hall–Kier alpha value is -1.06. The first-order valence-corrected chi connectivity index (χ1v) is 5.18. The van der Waals surface area contributed by atoms with Crippen molar-refractivity contribution < 1.29 is 9.59 Å². The van der Waals surface area contributed by atoms with Gasteiger partial charge in [0.05, 0.1) is 11.8 Å². The molecule has 1 saturated carbocycles. The smallest absolute Gasteiger partial charge is 0.244 e. The minimum absolute atomic E-state index is 0.0440. The second-order valence-electron chi connectivity index (χ2n) is 4.22. The Morgan fingerprint density at radius 3 is 1.64 bits per heavy atom. The van der Waals surface area contributed by atoms with Gasteiger partial charge in [-0.1, -0.05) is 12.8 Å². The second-order valence-corrected chi connectivity index (χ2v) is 4.22. The minimum atomic E-state index is -0.0440. The van der Waals surface area contributed by atoms with Crippen LogP contribution in [0.4, 0.5) is 0 Å². The molecular formula is C10H16N2O2. The maximum atomic E-state index is 11.8. The molecule has 0 radical (unpaired) electrons. The lowest BCUT2D eigenvalue weighted by atomic mass is 9.77. The van der Waals surface area contributed by atoms with E-state index in [9.17, 15) is 9.59 Å². The van der Waals surface area contributed by atoms with Gasteiger partial charge in [0.1, 0.15) is 0 Å². The van der Waals surface area contributed by atoms with Crippen molar-refractivity contribution in [3.63, 3.8) is 0 Å². The highest BCUT2D eigenvalue weighted by atomic mass is 16.2. The van der Waals surface area contributed by atoms with Crippen LogP contribution in [-0.4, -0.2) is 35.9 Å². The predicted octanol–water partition coefficient (Wildman–Crippen LogP) is 0.638. The van der Waals surface area contributed by atoms with E-state index in [2.05, 4.69) is 0 Å². The summed E-state index contributed by atoms with van der Waals surface area (Å²) in [6, 6.07) is 0. The van der Waals surface area contributed by atoms with E-state index < -0.39 is 0 Å². The van der Waals surface area contributed by atoms with E-state index in [-0.39, 0.29) is 23.7 Å². The van der Waals surface area contributed by atoms with E-state index in [0.717, 1.165) is 25.7 Å². The Bertz CT molecular complexity index is 249. The molecular weight excluding hydrogens is 180 g/mol. The third-order valence-corrected chi connectivity index (χ3v) is 3.49. The zero-order chi connectivity index (χ0) is 10.3. The van der Waals surface area contributed by atoms with Crippen LogP contribution in [0.3, 0.4) is 0 Å². The quantitative estimate of drug-likeness (QED) is 0.570. The second kappa shape index (κ2) is 3.26. The third kappa shape index (κ3) is 1.21. The molecule has 4 heteroatoms. The summed E-state index contributed by atoms with van der Waals surface area (Å²) in [7, 11) is 3.34. The van der Waals surface area contributed by atoms with Crippen molar-refractivity contribution in [2.24, 2.45) is 11.8 Å². The molecule has 78 valence electrons. The van der Waals surface area contributed by atoms with E-state index in [1.807, 2.05) is 0 Å². The Kier molecular flexibility index (Phi) is 2.21. The Balaban J connectivity index is 2.25. The molecule has 0 aromatic carbocycles. The highest BCUT2D eigenvalue weighted by Gasteiger charge is 2.44. The fraction of sp³-hybridized carbons (Fsp3) is 0.800. The van der Waals surface area contributed by atoms with Crippen molar-refractivity contribution in [1.29, 1.82) is 0 Å². The third-order valence-electron chi connectivity index (χ3n) is 3.49. The summed E-state index contributed by atoms with van der Waals surface area (Å²) in [4.78, 5) is 23.7. The molecule has 0 spiro atoms. The first kappa shape index (κ1) is 9.49. The summed E-state index contributed by atoms with van der Waals surface area (Å²) in [6.45, 7) is 0. The zero-order valence-corrected chi connectivity index (χ0v) is 8.69. The molecule has 1 aliphatic heterocycles. The van der Waals surface area contributed by atoms with Crippen LogP contribution in [0.1, 0.15) is 25.7 Å². The molecule has 2 amide bonds. The minimum Gasteiger partial charge on any atom is -0.273 e. The molecule has 0 bridgehead atoms. The molecule has 2 aliphatic rings. The van der Waals surface area contributed by atoms with Gasteiger partial charge < -0.3 is 0 Å². The highest BCUT2D eigenvalue weighted by Crippen LogP contribution is 2.35. The molecule has 0 unspecified atom stereocenters. The maximum absolute atomic E-state index is 11.8. The molecule has 1 heterocycles. The van der Waals surface area contributed by atoms with Gasteiger partial charge >= 0.3 is 0 Å². The number of carbonyl (C=O) groups is 2. The maximum Gasteiger partial charge on any atom is 0.244 e. The number of fused-ring (bicyclic) bond motifs is 1. The van der Waals surface area contributed by atoms with Gasteiger partial charge in [-0.2, -0.15) is 0 Å². The van der Waals surface area contributed by atoms with Crippen molar-refractivity contribution >= 4 is 11.8 Å². The van der Waals surface area contributed by atoms with E-state index in [0.29, 0.717) is 0 Å². The Morgan fingerprint density at radius 1 is 0.929 bits per heavy atom. The fourth-order valence-corrected chi connectivity index (χ4v) is 2.50. The highest BCUT2D eigenvalue weighted by molar-refractivity contribution is 5.92. The monoisotopic (exact) mass is 196 g/mol. The van der Waals surface area contributed by atoms with Gasteiger partial charge in [0, 0.05) is 14.1 Å².